The Morgan fingerprint density at radius 1 is 0.667 bits per heavy atom. The Hall–Kier alpha value is -1.87. The third-order valence-electron chi connectivity index (χ3n) is 3.46. The first-order valence-corrected chi connectivity index (χ1v) is 11.4. The van der Waals surface area contributed by atoms with E-state index < -0.39 is 16.4 Å². The van der Waals surface area contributed by atoms with Gasteiger partial charge in [-0.05, 0) is 12.1 Å². The van der Waals surface area contributed by atoms with E-state index in [0.717, 1.165) is 0 Å². The second-order valence-corrected chi connectivity index (χ2v) is 10.8. The van der Waals surface area contributed by atoms with Crippen LogP contribution in [0.5, 0.6) is 0 Å². The third-order valence-corrected chi connectivity index (χ3v) is 9.78. The minimum atomic E-state index is -3.87. The molecule has 0 aromatic heterocycles. The zero-order valence-corrected chi connectivity index (χ0v) is 15.1. The van der Waals surface area contributed by atoms with E-state index in [9.17, 15) is 8.42 Å². The predicted octanol–water partition coefficient (Wildman–Crippen LogP) is 4.38. The molecule has 0 atom stereocenters. The molecule has 0 aliphatic rings. The Kier molecular flexibility index (Phi) is 4.91. The largest absolute Gasteiger partial charge is 0.282 e. The van der Waals surface area contributed by atoms with Crippen molar-refractivity contribution in [2.75, 3.05) is 0 Å². The quantitative estimate of drug-likeness (QED) is 0.635. The molecule has 0 heterocycles. The molecule has 3 aromatic rings. The lowest BCUT2D eigenvalue weighted by molar-refractivity contribution is 0.598. The highest BCUT2D eigenvalue weighted by atomic mass is 35.7. The van der Waals surface area contributed by atoms with E-state index in [4.69, 9.17) is 11.2 Å². The highest BCUT2D eigenvalue weighted by molar-refractivity contribution is 8.08. The number of hydrogen-bond donors (Lipinski definition) is 0. The van der Waals surface area contributed by atoms with Crippen LogP contribution in [0.4, 0.5) is 0 Å². The molecule has 0 N–H and O–H groups in total. The molecule has 3 nitrogen and oxygen atoms in total. The van der Waals surface area contributed by atoms with Gasteiger partial charge in [-0.25, -0.2) is 0 Å². The van der Waals surface area contributed by atoms with E-state index in [2.05, 4.69) is 4.15 Å². The highest BCUT2D eigenvalue weighted by Crippen LogP contribution is 2.54. The molecule has 3 aromatic carbocycles. The molecule has 0 bridgehead atoms. The summed E-state index contributed by atoms with van der Waals surface area (Å²) in [5.74, 6) is 0. The van der Waals surface area contributed by atoms with Crippen molar-refractivity contribution in [3.05, 3.63) is 91.0 Å². The van der Waals surface area contributed by atoms with Gasteiger partial charge in [0.05, 0.1) is 4.90 Å². The summed E-state index contributed by atoms with van der Waals surface area (Å²) in [7, 11) is -3.87. The van der Waals surface area contributed by atoms with Gasteiger partial charge in [-0.2, -0.15) is 12.6 Å². The summed E-state index contributed by atoms with van der Waals surface area (Å²) >= 11 is 6.89. The average molecular weight is 376 g/mol. The average Bonchev–Trinajstić information content (AvgIpc) is 2.63. The molecular formula is C18H15ClNO2PS. The first-order chi connectivity index (χ1) is 11.5. The van der Waals surface area contributed by atoms with E-state index in [-0.39, 0.29) is 4.90 Å². The normalized spacial score (nSPS) is 11.9. The number of sulfonamides is 1. The summed E-state index contributed by atoms with van der Waals surface area (Å²) in [5, 5.41) is 1.41. The van der Waals surface area contributed by atoms with Crippen LogP contribution in [0.2, 0.25) is 0 Å². The third kappa shape index (κ3) is 3.46. The monoisotopic (exact) mass is 375 g/mol. The van der Waals surface area contributed by atoms with Gasteiger partial charge in [-0.15, -0.1) is 0 Å². The van der Waals surface area contributed by atoms with E-state index in [0.29, 0.717) is 10.6 Å². The van der Waals surface area contributed by atoms with Crippen molar-refractivity contribution < 1.29 is 8.42 Å². The van der Waals surface area contributed by atoms with Crippen LogP contribution in [-0.4, -0.2) is 8.42 Å². The van der Waals surface area contributed by atoms with Gasteiger partial charge < -0.3 is 0 Å². The van der Waals surface area contributed by atoms with Crippen molar-refractivity contribution >= 4 is 38.3 Å². The summed E-state index contributed by atoms with van der Waals surface area (Å²) in [5.41, 5.74) is 0. The summed E-state index contributed by atoms with van der Waals surface area (Å²) in [6.07, 6.45) is -2.95. The van der Waals surface area contributed by atoms with Gasteiger partial charge in [0, 0.05) is 10.6 Å². The zero-order chi connectivity index (χ0) is 17.0. The SMILES string of the molecule is O=S(=O)(N=P(Cl)(c1ccccc1)c1ccccc1)c1ccccc1. The van der Waals surface area contributed by atoms with E-state index >= 15 is 0 Å². The van der Waals surface area contributed by atoms with Crippen LogP contribution in [0.25, 0.3) is 0 Å². The smallest absolute Gasteiger partial charge is 0.199 e. The predicted molar refractivity (Wildman–Crippen MR) is 101 cm³/mol. The zero-order valence-electron chi connectivity index (χ0n) is 12.7. The van der Waals surface area contributed by atoms with Gasteiger partial charge >= 0.3 is 0 Å². The molecule has 0 unspecified atom stereocenters. The van der Waals surface area contributed by atoms with Crippen molar-refractivity contribution in [2.24, 2.45) is 4.15 Å². The van der Waals surface area contributed by atoms with Crippen molar-refractivity contribution in [3.63, 3.8) is 0 Å². The fourth-order valence-corrected chi connectivity index (χ4v) is 7.94. The lowest BCUT2D eigenvalue weighted by Crippen LogP contribution is -2.13. The first kappa shape index (κ1) is 17.0. The number of hydrogen-bond acceptors (Lipinski definition) is 2. The van der Waals surface area contributed by atoms with E-state index in [1.54, 1.807) is 18.2 Å². The van der Waals surface area contributed by atoms with E-state index in [1.165, 1.54) is 12.1 Å². The summed E-state index contributed by atoms with van der Waals surface area (Å²) in [6, 6.07) is 26.5. The number of benzene rings is 3. The standard InChI is InChI=1S/C18H15ClNO2PS/c19-23(16-10-4-1-5-11-16,17-12-6-2-7-13-17)20-24(21,22)18-14-8-3-9-15-18/h1-15H. The number of halogens is 1. The maximum absolute atomic E-state index is 12.8. The van der Waals surface area contributed by atoms with Crippen molar-refractivity contribution in [3.8, 4) is 0 Å². The lowest BCUT2D eigenvalue weighted by atomic mass is 10.4. The maximum atomic E-state index is 12.8. The second-order valence-electron chi connectivity index (χ2n) is 5.10. The Morgan fingerprint density at radius 2 is 1.04 bits per heavy atom. The van der Waals surface area contributed by atoms with Crippen LogP contribution in [0, 0.1) is 0 Å². The molecule has 0 fully saturated rings. The second kappa shape index (κ2) is 6.94. The molecular weight excluding hydrogens is 361 g/mol. The van der Waals surface area contributed by atoms with Gasteiger partial charge in [0.2, 0.25) is 0 Å². The summed E-state index contributed by atoms with van der Waals surface area (Å²) < 4.78 is 29.7. The molecule has 24 heavy (non-hydrogen) atoms. The van der Waals surface area contributed by atoms with Gasteiger partial charge in [0.25, 0.3) is 10.0 Å². The Balaban J connectivity index is 2.27. The van der Waals surface area contributed by atoms with Crippen LogP contribution in [0.1, 0.15) is 0 Å². The maximum Gasteiger partial charge on any atom is 0.282 e. The van der Waals surface area contributed by atoms with Crippen molar-refractivity contribution in [1.29, 1.82) is 0 Å². The molecule has 0 amide bonds. The fourth-order valence-electron chi connectivity index (χ4n) is 2.28. The molecule has 0 spiro atoms. The topological polar surface area (TPSA) is 46.5 Å². The Labute approximate surface area is 146 Å². The van der Waals surface area contributed by atoms with Crippen LogP contribution in [-0.2, 0) is 10.0 Å². The van der Waals surface area contributed by atoms with Crippen LogP contribution in [0.15, 0.2) is 100 Å². The van der Waals surface area contributed by atoms with E-state index in [1.807, 2.05) is 60.7 Å². The summed E-state index contributed by atoms with van der Waals surface area (Å²) in [4.78, 5) is 0.141. The minimum Gasteiger partial charge on any atom is -0.199 e. The van der Waals surface area contributed by atoms with Gasteiger partial charge in [0.15, 0.2) is 0 Å². The lowest BCUT2D eigenvalue weighted by Gasteiger charge is -2.18. The molecule has 3 rings (SSSR count). The number of nitrogens with zero attached hydrogens (tertiary/aromatic N) is 1. The molecule has 6 heteroatoms. The first-order valence-electron chi connectivity index (χ1n) is 7.27. The van der Waals surface area contributed by atoms with Crippen LogP contribution in [0.3, 0.4) is 0 Å². The molecule has 0 aliphatic carbocycles. The van der Waals surface area contributed by atoms with Gasteiger partial charge in [-0.1, -0.05) is 90.1 Å². The minimum absolute atomic E-state index is 0.141. The van der Waals surface area contributed by atoms with Crippen LogP contribution >= 0.6 is 17.6 Å². The molecule has 0 aliphatic heterocycles. The van der Waals surface area contributed by atoms with Crippen molar-refractivity contribution in [1.82, 2.24) is 0 Å². The van der Waals surface area contributed by atoms with Crippen molar-refractivity contribution in [2.45, 2.75) is 4.90 Å². The Bertz CT molecular complexity index is 932. The van der Waals surface area contributed by atoms with Gasteiger partial charge in [-0.3, -0.25) is 0 Å². The molecule has 0 radical (unpaired) electrons. The highest BCUT2D eigenvalue weighted by Gasteiger charge is 2.26. The fraction of sp³-hybridized carbons (Fsp3) is 0. The molecule has 0 saturated carbocycles. The molecule has 0 saturated heterocycles. The Morgan fingerprint density at radius 3 is 1.46 bits per heavy atom. The number of rotatable bonds is 4. The summed E-state index contributed by atoms with van der Waals surface area (Å²) in [6.45, 7) is 0. The molecule has 122 valence electrons. The van der Waals surface area contributed by atoms with Gasteiger partial charge in [0.1, 0.15) is 6.41 Å². The van der Waals surface area contributed by atoms with Crippen LogP contribution < -0.4 is 10.6 Å².